The van der Waals surface area contributed by atoms with Gasteiger partial charge in [-0.15, -0.1) is 0 Å². The van der Waals surface area contributed by atoms with Crippen molar-refractivity contribution in [1.82, 2.24) is 25.1 Å². The molecule has 0 aliphatic carbocycles. The largest absolute Gasteiger partial charge is 0.372 e. The number of aryl methyl sites for hydroxylation is 1. The number of nitrogens with one attached hydrogen (secondary N) is 2. The summed E-state index contributed by atoms with van der Waals surface area (Å²) in [4.78, 5) is 31.0. The van der Waals surface area contributed by atoms with Gasteiger partial charge in [0.25, 0.3) is 11.5 Å². The first kappa shape index (κ1) is 15.4. The first-order chi connectivity index (χ1) is 12.0. The third-order valence-electron chi connectivity index (χ3n) is 4.55. The van der Waals surface area contributed by atoms with Crippen LogP contribution in [0, 0.1) is 0 Å². The number of aromatic amines is 1. The lowest BCUT2D eigenvalue weighted by Gasteiger charge is -2.33. The van der Waals surface area contributed by atoms with Gasteiger partial charge < -0.3 is 14.8 Å². The van der Waals surface area contributed by atoms with Crippen molar-refractivity contribution in [3.63, 3.8) is 0 Å². The van der Waals surface area contributed by atoms with Gasteiger partial charge in [0.2, 0.25) is 0 Å². The molecule has 128 valence electrons. The lowest BCUT2D eigenvalue weighted by molar-refractivity contribution is 0.0933. The fraction of sp³-hybridized carbons (Fsp3) is 0.294. The Bertz CT molecular complexity index is 1020. The molecule has 8 heteroatoms. The summed E-state index contributed by atoms with van der Waals surface area (Å²) in [5.74, 6) is -0.329. The highest BCUT2D eigenvalue weighted by Crippen LogP contribution is 2.25. The molecule has 4 rings (SSSR count). The monoisotopic (exact) mass is 338 g/mol. The number of carbonyl (C=O) groups is 1. The molecule has 8 nitrogen and oxygen atoms in total. The average molecular weight is 338 g/mol. The zero-order valence-corrected chi connectivity index (χ0v) is 14.0. The molecule has 0 saturated carbocycles. The number of carbonyl (C=O) groups excluding carboxylic acids is 1. The number of amides is 1. The molecule has 0 bridgehead atoms. The molecule has 25 heavy (non-hydrogen) atoms. The SMILES string of the molecule is CN1CC(NC(=O)c2n[nH]c3c(=O)n(C)cnc23)Cc2ccccc21. The van der Waals surface area contributed by atoms with E-state index in [1.807, 2.05) is 19.2 Å². The first-order valence-electron chi connectivity index (χ1n) is 8.04. The van der Waals surface area contributed by atoms with Gasteiger partial charge in [0.15, 0.2) is 11.2 Å². The minimum Gasteiger partial charge on any atom is -0.372 e. The van der Waals surface area contributed by atoms with Crippen LogP contribution in [0.15, 0.2) is 35.4 Å². The maximum atomic E-state index is 12.6. The fourth-order valence-electron chi connectivity index (χ4n) is 3.31. The molecule has 1 amide bonds. The molecule has 3 aromatic rings. The summed E-state index contributed by atoms with van der Waals surface area (Å²) in [6.45, 7) is 0.709. The summed E-state index contributed by atoms with van der Waals surface area (Å²) in [5, 5.41) is 9.63. The van der Waals surface area contributed by atoms with Crippen LogP contribution in [-0.4, -0.2) is 45.3 Å². The van der Waals surface area contributed by atoms with Crippen LogP contribution < -0.4 is 15.8 Å². The van der Waals surface area contributed by atoms with E-state index >= 15 is 0 Å². The van der Waals surface area contributed by atoms with Crippen LogP contribution in [0.2, 0.25) is 0 Å². The molecule has 1 aliphatic heterocycles. The fourth-order valence-corrected chi connectivity index (χ4v) is 3.31. The van der Waals surface area contributed by atoms with Gasteiger partial charge in [-0.1, -0.05) is 18.2 Å². The number of H-pyrrole nitrogens is 1. The zero-order valence-electron chi connectivity index (χ0n) is 14.0. The molecular formula is C17H18N6O2. The molecule has 0 fully saturated rings. The quantitative estimate of drug-likeness (QED) is 0.707. The Morgan fingerprint density at radius 2 is 2.12 bits per heavy atom. The molecule has 0 saturated heterocycles. The minimum absolute atomic E-state index is 0.0364. The number of hydrogen-bond donors (Lipinski definition) is 2. The summed E-state index contributed by atoms with van der Waals surface area (Å²) in [7, 11) is 3.61. The number of benzene rings is 1. The second-order valence-electron chi connectivity index (χ2n) is 6.34. The molecule has 1 aromatic carbocycles. The van der Waals surface area contributed by atoms with Crippen molar-refractivity contribution in [1.29, 1.82) is 0 Å². The van der Waals surface area contributed by atoms with E-state index in [1.54, 1.807) is 7.05 Å². The minimum atomic E-state index is -0.329. The van der Waals surface area contributed by atoms with Crippen LogP contribution in [0.1, 0.15) is 16.1 Å². The smallest absolute Gasteiger partial charge is 0.279 e. The molecular weight excluding hydrogens is 320 g/mol. The Kier molecular flexibility index (Phi) is 3.52. The summed E-state index contributed by atoms with van der Waals surface area (Å²) in [6, 6.07) is 8.12. The van der Waals surface area contributed by atoms with Crippen LogP contribution in [0.3, 0.4) is 0 Å². The van der Waals surface area contributed by atoms with Gasteiger partial charge in [-0.25, -0.2) is 4.98 Å². The molecule has 0 radical (unpaired) electrons. The Labute approximate surface area is 143 Å². The van der Waals surface area contributed by atoms with Gasteiger partial charge in [0, 0.05) is 26.3 Å². The van der Waals surface area contributed by atoms with E-state index in [4.69, 9.17) is 0 Å². The van der Waals surface area contributed by atoms with Crippen LogP contribution in [0.25, 0.3) is 11.0 Å². The molecule has 0 spiro atoms. The maximum Gasteiger partial charge on any atom is 0.279 e. The molecule has 1 aliphatic rings. The highest BCUT2D eigenvalue weighted by molar-refractivity contribution is 6.03. The molecule has 2 aromatic heterocycles. The van der Waals surface area contributed by atoms with E-state index in [2.05, 4.69) is 37.5 Å². The Hall–Kier alpha value is -3.16. The van der Waals surface area contributed by atoms with Gasteiger partial charge in [-0.2, -0.15) is 5.10 Å². The Morgan fingerprint density at radius 3 is 2.96 bits per heavy atom. The zero-order chi connectivity index (χ0) is 17.6. The lowest BCUT2D eigenvalue weighted by Crippen LogP contribution is -2.47. The summed E-state index contributed by atoms with van der Waals surface area (Å²) in [6.07, 6.45) is 2.14. The first-order valence-corrected chi connectivity index (χ1v) is 8.04. The topological polar surface area (TPSA) is 95.9 Å². The van der Waals surface area contributed by atoms with E-state index in [9.17, 15) is 9.59 Å². The second kappa shape index (κ2) is 5.73. The molecule has 1 atom stereocenters. The predicted octanol–water partition coefficient (Wildman–Crippen LogP) is 0.448. The van der Waals surface area contributed by atoms with Crippen molar-refractivity contribution in [2.24, 2.45) is 7.05 Å². The standard InChI is InChI=1S/C17H18N6O2/c1-22-8-11(7-10-5-3-4-6-12(10)22)19-16(24)14-13-15(21-20-14)17(25)23(2)9-18-13/h3-6,9,11H,7-8H2,1-2H3,(H,19,24)(H,20,21). The third kappa shape index (κ3) is 2.55. The molecule has 1 unspecified atom stereocenters. The van der Waals surface area contributed by atoms with Crippen LogP contribution >= 0.6 is 0 Å². The average Bonchev–Trinajstić information content (AvgIpc) is 3.03. The lowest BCUT2D eigenvalue weighted by atomic mass is 9.98. The van der Waals surface area contributed by atoms with Gasteiger partial charge in [0.05, 0.1) is 12.4 Å². The van der Waals surface area contributed by atoms with Crippen molar-refractivity contribution < 1.29 is 4.79 Å². The van der Waals surface area contributed by atoms with E-state index in [0.717, 1.165) is 6.42 Å². The molecule has 3 heterocycles. The van der Waals surface area contributed by atoms with Gasteiger partial charge in [-0.05, 0) is 18.1 Å². The van der Waals surface area contributed by atoms with E-state index < -0.39 is 0 Å². The van der Waals surface area contributed by atoms with Gasteiger partial charge in [-0.3, -0.25) is 14.7 Å². The highest BCUT2D eigenvalue weighted by Gasteiger charge is 2.25. The number of anilines is 1. The summed E-state index contributed by atoms with van der Waals surface area (Å²) >= 11 is 0. The summed E-state index contributed by atoms with van der Waals surface area (Å²) < 4.78 is 1.34. The number of aromatic nitrogens is 4. The van der Waals surface area contributed by atoms with E-state index in [-0.39, 0.29) is 28.7 Å². The van der Waals surface area contributed by atoms with Crippen molar-refractivity contribution in [2.75, 3.05) is 18.5 Å². The Morgan fingerprint density at radius 1 is 1.32 bits per heavy atom. The predicted molar refractivity (Wildman–Crippen MR) is 93.8 cm³/mol. The van der Waals surface area contributed by atoms with Crippen molar-refractivity contribution in [3.05, 3.63) is 52.2 Å². The third-order valence-corrected chi connectivity index (χ3v) is 4.55. The number of likely N-dealkylation sites (N-methyl/N-ethyl adjacent to an activating group) is 1. The van der Waals surface area contributed by atoms with Gasteiger partial charge >= 0.3 is 0 Å². The number of hydrogen-bond acceptors (Lipinski definition) is 5. The van der Waals surface area contributed by atoms with Crippen LogP contribution in [0.4, 0.5) is 5.69 Å². The highest BCUT2D eigenvalue weighted by atomic mass is 16.2. The maximum absolute atomic E-state index is 12.6. The number of rotatable bonds is 2. The Balaban J connectivity index is 1.59. The van der Waals surface area contributed by atoms with Crippen molar-refractivity contribution >= 4 is 22.6 Å². The van der Waals surface area contributed by atoms with Crippen molar-refractivity contribution in [3.8, 4) is 0 Å². The van der Waals surface area contributed by atoms with E-state index in [0.29, 0.717) is 12.1 Å². The normalized spacial score (nSPS) is 16.7. The van der Waals surface area contributed by atoms with E-state index in [1.165, 1.54) is 22.1 Å². The van der Waals surface area contributed by atoms with Gasteiger partial charge in [0.1, 0.15) is 5.52 Å². The summed E-state index contributed by atoms with van der Waals surface area (Å²) in [5.41, 5.74) is 2.80. The molecule has 2 N–H and O–H groups in total. The van der Waals surface area contributed by atoms with Crippen LogP contribution in [-0.2, 0) is 13.5 Å². The number of nitrogens with zero attached hydrogens (tertiary/aromatic N) is 4. The van der Waals surface area contributed by atoms with Crippen LogP contribution in [0.5, 0.6) is 0 Å². The number of fused-ring (bicyclic) bond motifs is 2. The van der Waals surface area contributed by atoms with Crippen molar-refractivity contribution in [2.45, 2.75) is 12.5 Å². The number of para-hydroxylation sites is 1. The second-order valence-corrected chi connectivity index (χ2v) is 6.34.